The Morgan fingerprint density at radius 1 is 1.24 bits per heavy atom. The van der Waals surface area contributed by atoms with Crippen molar-refractivity contribution in [1.82, 2.24) is 24.5 Å². The van der Waals surface area contributed by atoms with E-state index in [2.05, 4.69) is 46.0 Å². The number of fused-ring (bicyclic) bond motifs is 2. The van der Waals surface area contributed by atoms with Gasteiger partial charge in [-0.05, 0) is 42.0 Å². The standard InChI is InChI=1S/C26H32N6O2/c1-17-10-20-11-19(21-12-27-29(3)14-21)4-5-24(20)31(13-17)26-23-15-30(18(2)33)8-6-25(23)32(28-26)22-7-9-34-16-22/h4-5,11-12,14,17,22H,6-10,13,15-16H2,1-3H3/t17?,22-/m1/s1. The predicted octanol–water partition coefficient (Wildman–Crippen LogP) is 3.48. The van der Waals surface area contributed by atoms with E-state index in [4.69, 9.17) is 9.84 Å². The highest BCUT2D eigenvalue weighted by atomic mass is 16.5. The van der Waals surface area contributed by atoms with Crippen molar-refractivity contribution in [2.45, 2.75) is 45.7 Å². The number of carbonyl (C=O) groups is 1. The number of anilines is 2. The minimum atomic E-state index is 0.127. The third-order valence-electron chi connectivity index (χ3n) is 7.49. The van der Waals surface area contributed by atoms with Gasteiger partial charge in [0.05, 0.1) is 25.4 Å². The topological polar surface area (TPSA) is 68.4 Å². The predicted molar refractivity (Wildman–Crippen MR) is 130 cm³/mol. The lowest BCUT2D eigenvalue weighted by Gasteiger charge is -2.35. The van der Waals surface area contributed by atoms with Crippen LogP contribution in [-0.4, -0.2) is 56.7 Å². The molecule has 0 bridgehead atoms. The van der Waals surface area contributed by atoms with E-state index in [1.165, 1.54) is 28.1 Å². The largest absolute Gasteiger partial charge is 0.379 e. The molecular formula is C26H32N6O2. The average Bonchev–Trinajstić information content (AvgIpc) is 3.57. The highest BCUT2D eigenvalue weighted by molar-refractivity contribution is 5.76. The first-order valence-corrected chi connectivity index (χ1v) is 12.3. The SMILES string of the molecule is CC(=O)N1CCc2c(c(N3CC(C)Cc4cc(-c5cnn(C)c5)ccc43)nn2[C@@H]2CCOC2)C1. The van der Waals surface area contributed by atoms with Gasteiger partial charge >= 0.3 is 0 Å². The fourth-order valence-corrected chi connectivity index (χ4v) is 5.74. The Bertz CT molecular complexity index is 1240. The van der Waals surface area contributed by atoms with Crippen LogP contribution in [0.25, 0.3) is 11.1 Å². The van der Waals surface area contributed by atoms with Gasteiger partial charge in [-0.25, -0.2) is 0 Å². The molecule has 0 saturated carbocycles. The fourth-order valence-electron chi connectivity index (χ4n) is 5.74. The first-order chi connectivity index (χ1) is 16.5. The molecule has 2 atom stereocenters. The molecule has 0 radical (unpaired) electrons. The minimum absolute atomic E-state index is 0.127. The summed E-state index contributed by atoms with van der Waals surface area (Å²) in [5.74, 6) is 1.64. The molecule has 0 N–H and O–H groups in total. The Kier molecular flexibility index (Phi) is 5.21. The van der Waals surface area contributed by atoms with E-state index in [0.717, 1.165) is 50.3 Å². The normalized spacial score (nSPS) is 22.1. The molecule has 0 aliphatic carbocycles. The van der Waals surface area contributed by atoms with Gasteiger partial charge in [0.15, 0.2) is 5.82 Å². The van der Waals surface area contributed by atoms with Crippen LogP contribution in [0.5, 0.6) is 0 Å². The molecule has 3 aromatic rings. The fraction of sp³-hybridized carbons (Fsp3) is 0.500. The molecule has 5 heterocycles. The summed E-state index contributed by atoms with van der Waals surface area (Å²) in [5.41, 5.74) is 7.36. The number of ether oxygens (including phenoxy) is 1. The van der Waals surface area contributed by atoms with Crippen LogP contribution in [0.1, 0.15) is 43.1 Å². The molecule has 8 nitrogen and oxygen atoms in total. The third kappa shape index (κ3) is 3.60. The Morgan fingerprint density at radius 2 is 2.12 bits per heavy atom. The maximum Gasteiger partial charge on any atom is 0.219 e. The Morgan fingerprint density at radius 3 is 2.85 bits per heavy atom. The van der Waals surface area contributed by atoms with Crippen molar-refractivity contribution < 1.29 is 9.53 Å². The van der Waals surface area contributed by atoms with Gasteiger partial charge in [-0.3, -0.25) is 14.2 Å². The van der Waals surface area contributed by atoms with Crippen molar-refractivity contribution in [1.29, 1.82) is 0 Å². The van der Waals surface area contributed by atoms with Crippen LogP contribution >= 0.6 is 0 Å². The second-order valence-corrected chi connectivity index (χ2v) is 10.1. The van der Waals surface area contributed by atoms with E-state index in [-0.39, 0.29) is 11.9 Å². The zero-order valence-electron chi connectivity index (χ0n) is 20.2. The van der Waals surface area contributed by atoms with Crippen LogP contribution in [-0.2, 0) is 36.0 Å². The molecule has 6 rings (SSSR count). The molecule has 8 heteroatoms. The number of hydrogen-bond acceptors (Lipinski definition) is 5. The molecule has 34 heavy (non-hydrogen) atoms. The Labute approximate surface area is 200 Å². The highest BCUT2D eigenvalue weighted by Crippen LogP contribution is 2.41. The van der Waals surface area contributed by atoms with Crippen molar-refractivity contribution in [3.05, 3.63) is 47.4 Å². The second-order valence-electron chi connectivity index (χ2n) is 10.1. The van der Waals surface area contributed by atoms with Crippen molar-refractivity contribution in [2.24, 2.45) is 13.0 Å². The first kappa shape index (κ1) is 21.4. The van der Waals surface area contributed by atoms with Crippen LogP contribution in [0.2, 0.25) is 0 Å². The zero-order valence-corrected chi connectivity index (χ0v) is 20.2. The minimum Gasteiger partial charge on any atom is -0.379 e. The van der Waals surface area contributed by atoms with Crippen molar-refractivity contribution in [2.75, 3.05) is 31.2 Å². The van der Waals surface area contributed by atoms with Crippen LogP contribution < -0.4 is 4.90 Å². The molecule has 1 aromatic carbocycles. The lowest BCUT2D eigenvalue weighted by molar-refractivity contribution is -0.129. The van der Waals surface area contributed by atoms with E-state index in [1.807, 2.05) is 22.8 Å². The van der Waals surface area contributed by atoms with E-state index in [9.17, 15) is 4.79 Å². The zero-order chi connectivity index (χ0) is 23.4. The number of aromatic nitrogens is 4. The van der Waals surface area contributed by atoms with Gasteiger partial charge in [0.2, 0.25) is 5.91 Å². The number of amides is 1. The summed E-state index contributed by atoms with van der Waals surface area (Å²) < 4.78 is 9.76. The molecular weight excluding hydrogens is 428 g/mol. The molecule has 1 unspecified atom stereocenters. The van der Waals surface area contributed by atoms with Crippen molar-refractivity contribution in [3.8, 4) is 11.1 Å². The third-order valence-corrected chi connectivity index (χ3v) is 7.49. The van der Waals surface area contributed by atoms with Gasteiger partial charge < -0.3 is 14.5 Å². The first-order valence-electron chi connectivity index (χ1n) is 12.3. The summed E-state index contributed by atoms with van der Waals surface area (Å²) in [6.45, 7) is 7.77. The van der Waals surface area contributed by atoms with Gasteiger partial charge in [0.1, 0.15) is 0 Å². The number of carbonyl (C=O) groups excluding carboxylic acids is 1. The molecule has 0 spiro atoms. The molecule has 1 fully saturated rings. The van der Waals surface area contributed by atoms with Gasteiger partial charge in [0.25, 0.3) is 0 Å². The van der Waals surface area contributed by atoms with Crippen molar-refractivity contribution in [3.63, 3.8) is 0 Å². The maximum atomic E-state index is 12.2. The van der Waals surface area contributed by atoms with E-state index < -0.39 is 0 Å². The number of benzene rings is 1. The number of nitrogens with zero attached hydrogens (tertiary/aromatic N) is 6. The van der Waals surface area contributed by atoms with Crippen molar-refractivity contribution >= 4 is 17.4 Å². The Hall–Kier alpha value is -3.13. The van der Waals surface area contributed by atoms with Gasteiger partial charge in [0, 0.05) is 68.8 Å². The number of hydrogen-bond donors (Lipinski definition) is 0. The van der Waals surface area contributed by atoms with E-state index in [0.29, 0.717) is 19.1 Å². The lowest BCUT2D eigenvalue weighted by atomic mass is 9.91. The lowest BCUT2D eigenvalue weighted by Crippen LogP contribution is -2.36. The maximum absolute atomic E-state index is 12.2. The molecule has 1 saturated heterocycles. The highest BCUT2D eigenvalue weighted by Gasteiger charge is 2.34. The van der Waals surface area contributed by atoms with Crippen LogP contribution in [0.15, 0.2) is 30.6 Å². The quantitative estimate of drug-likeness (QED) is 0.599. The summed E-state index contributed by atoms with van der Waals surface area (Å²) in [4.78, 5) is 16.6. The van der Waals surface area contributed by atoms with Crippen LogP contribution in [0.4, 0.5) is 11.5 Å². The smallest absolute Gasteiger partial charge is 0.219 e. The number of aryl methyl sites for hydroxylation is 1. The Balaban J connectivity index is 1.44. The molecule has 2 aromatic heterocycles. The summed E-state index contributed by atoms with van der Waals surface area (Å²) in [5, 5.41) is 9.56. The monoisotopic (exact) mass is 460 g/mol. The number of rotatable bonds is 3. The van der Waals surface area contributed by atoms with E-state index in [1.54, 1.807) is 6.92 Å². The molecule has 3 aliphatic rings. The molecule has 178 valence electrons. The summed E-state index contributed by atoms with van der Waals surface area (Å²) in [6, 6.07) is 7.01. The summed E-state index contributed by atoms with van der Waals surface area (Å²) >= 11 is 0. The van der Waals surface area contributed by atoms with Gasteiger partial charge in [-0.1, -0.05) is 13.0 Å². The van der Waals surface area contributed by atoms with Crippen LogP contribution in [0.3, 0.4) is 0 Å². The average molecular weight is 461 g/mol. The summed E-state index contributed by atoms with van der Waals surface area (Å²) in [6.07, 6.45) is 6.85. The molecule has 3 aliphatic heterocycles. The second kappa shape index (κ2) is 8.27. The van der Waals surface area contributed by atoms with Gasteiger partial charge in [-0.15, -0.1) is 0 Å². The van der Waals surface area contributed by atoms with E-state index >= 15 is 0 Å². The van der Waals surface area contributed by atoms with Gasteiger partial charge in [-0.2, -0.15) is 10.2 Å². The molecule has 1 amide bonds. The van der Waals surface area contributed by atoms with Crippen LogP contribution in [0, 0.1) is 5.92 Å². The summed E-state index contributed by atoms with van der Waals surface area (Å²) in [7, 11) is 1.95.